The van der Waals surface area contributed by atoms with E-state index in [-0.39, 0.29) is 30.1 Å². The first-order valence-corrected chi connectivity index (χ1v) is 16.3. The molecular weight excluding hydrogens is 611 g/mol. The van der Waals surface area contributed by atoms with Gasteiger partial charge in [0, 0.05) is 18.5 Å². The van der Waals surface area contributed by atoms with Crippen LogP contribution in [0.5, 0.6) is 0 Å². The molecule has 3 aromatic carbocycles. The largest absolute Gasteiger partial charge is 0.463 e. The number of rotatable bonds is 11. The van der Waals surface area contributed by atoms with Crippen molar-refractivity contribution < 1.29 is 31.8 Å². The molecule has 2 aromatic heterocycles. The van der Waals surface area contributed by atoms with Crippen LogP contribution in [0.4, 0.5) is 13.2 Å². The molecule has 5 aromatic rings. The van der Waals surface area contributed by atoms with Crippen molar-refractivity contribution in [2.24, 2.45) is 5.92 Å². The molecule has 3 heterocycles. The molecule has 5 nitrogen and oxygen atoms in total. The van der Waals surface area contributed by atoms with Crippen molar-refractivity contribution in [2.45, 2.75) is 70.5 Å². The third-order valence-corrected chi connectivity index (χ3v) is 9.46. The Kier molecular flexibility index (Phi) is 10.0. The van der Waals surface area contributed by atoms with Gasteiger partial charge in [-0.1, -0.05) is 86.6 Å². The van der Waals surface area contributed by atoms with Crippen LogP contribution in [0, 0.1) is 5.92 Å². The monoisotopic (exact) mass is 647 g/mol. The molecule has 5 atom stereocenters. The Bertz CT molecular complexity index is 1670. The van der Waals surface area contributed by atoms with Crippen LogP contribution in [-0.4, -0.2) is 23.3 Å². The number of thiazole rings is 1. The number of hydrogen-bond donors (Lipinski definition) is 0. The molecule has 0 saturated carbocycles. The summed E-state index contributed by atoms with van der Waals surface area (Å²) in [5.74, 6) is 0.610. The summed E-state index contributed by atoms with van der Waals surface area (Å²) in [6, 6.07) is 27.6. The number of ether oxygens (including phenoxy) is 3. The average molecular weight is 648 g/mol. The van der Waals surface area contributed by atoms with Crippen LogP contribution in [0.15, 0.2) is 108 Å². The molecule has 6 rings (SSSR count). The lowest BCUT2D eigenvalue weighted by Crippen LogP contribution is -2.51. The number of halogens is 3. The fourth-order valence-electron chi connectivity index (χ4n) is 6.07. The van der Waals surface area contributed by atoms with E-state index in [1.165, 1.54) is 17.4 Å². The van der Waals surface area contributed by atoms with E-state index in [0.29, 0.717) is 29.5 Å². The first-order chi connectivity index (χ1) is 22.3. The maximum atomic E-state index is 14.3. The number of benzene rings is 3. The lowest BCUT2D eigenvalue weighted by Gasteiger charge is -2.46. The maximum Gasteiger partial charge on any atom is 0.416 e. The molecule has 9 heteroatoms. The molecule has 1 aliphatic rings. The minimum atomic E-state index is -4.53. The third-order valence-electron chi connectivity index (χ3n) is 8.44. The Hall–Kier alpha value is -3.76. The summed E-state index contributed by atoms with van der Waals surface area (Å²) in [6.45, 7) is 4.83. The van der Waals surface area contributed by atoms with Gasteiger partial charge >= 0.3 is 6.18 Å². The predicted octanol–water partition coefficient (Wildman–Crippen LogP) is 9.67. The molecule has 0 aliphatic carbocycles. The molecule has 1 aliphatic heterocycles. The molecule has 0 spiro atoms. The van der Waals surface area contributed by atoms with Crippen LogP contribution >= 0.6 is 11.3 Å². The van der Waals surface area contributed by atoms with E-state index in [1.54, 1.807) is 30.7 Å². The minimum absolute atomic E-state index is 0.0118. The van der Waals surface area contributed by atoms with Crippen molar-refractivity contribution >= 4 is 11.3 Å². The normalized spacial score (nSPS) is 21.8. The highest BCUT2D eigenvalue weighted by molar-refractivity contribution is 7.15. The van der Waals surface area contributed by atoms with E-state index in [0.717, 1.165) is 28.5 Å². The topological polar surface area (TPSA) is 53.7 Å². The van der Waals surface area contributed by atoms with E-state index in [9.17, 15) is 13.2 Å². The summed E-state index contributed by atoms with van der Waals surface area (Å²) in [4.78, 5) is 5.18. The van der Waals surface area contributed by atoms with Gasteiger partial charge in [-0.3, -0.25) is 0 Å². The van der Waals surface area contributed by atoms with Crippen LogP contribution in [0.25, 0.3) is 10.6 Å². The summed E-state index contributed by atoms with van der Waals surface area (Å²) in [7, 11) is 0. The second-order valence-electron chi connectivity index (χ2n) is 11.6. The molecule has 0 bridgehead atoms. The van der Waals surface area contributed by atoms with Crippen LogP contribution in [0.3, 0.4) is 0 Å². The lowest BCUT2D eigenvalue weighted by atomic mass is 9.83. The van der Waals surface area contributed by atoms with Crippen LogP contribution in [0.1, 0.15) is 59.2 Å². The molecule has 0 unspecified atom stereocenters. The maximum absolute atomic E-state index is 14.3. The fourth-order valence-corrected chi connectivity index (χ4v) is 6.98. The van der Waals surface area contributed by atoms with Gasteiger partial charge in [0.25, 0.3) is 0 Å². The van der Waals surface area contributed by atoms with Gasteiger partial charge in [0.15, 0.2) is 0 Å². The van der Waals surface area contributed by atoms with Crippen molar-refractivity contribution in [1.29, 1.82) is 0 Å². The summed E-state index contributed by atoms with van der Waals surface area (Å²) in [5.41, 5.74) is 2.06. The molecule has 240 valence electrons. The van der Waals surface area contributed by atoms with Gasteiger partial charge in [-0.05, 0) is 46.9 Å². The van der Waals surface area contributed by atoms with Gasteiger partial charge in [-0.2, -0.15) is 13.2 Å². The number of hydrogen-bond acceptors (Lipinski definition) is 6. The van der Waals surface area contributed by atoms with Gasteiger partial charge in [-0.25, -0.2) is 4.98 Å². The van der Waals surface area contributed by atoms with E-state index < -0.39 is 23.9 Å². The summed E-state index contributed by atoms with van der Waals surface area (Å²) >= 11 is 1.31. The number of aromatic nitrogens is 1. The van der Waals surface area contributed by atoms with Crippen LogP contribution in [0.2, 0.25) is 0 Å². The zero-order valence-corrected chi connectivity index (χ0v) is 26.5. The highest BCUT2D eigenvalue weighted by Gasteiger charge is 2.46. The Labute approximate surface area is 271 Å². The first kappa shape index (κ1) is 32.2. The SMILES string of the molecule is CC[C@H]1O[C@@H](c2ccc(C(F)(F)F)c(Cc3ncc(-c4ccco4)s3)c2)[C@H](OCc2ccccc2)[C@@H](OCc2ccccc2)[C@@H]1C. The van der Waals surface area contributed by atoms with Gasteiger partial charge in [0.05, 0.1) is 47.1 Å². The highest BCUT2D eigenvalue weighted by atomic mass is 32.1. The van der Waals surface area contributed by atoms with Crippen LogP contribution in [-0.2, 0) is 40.0 Å². The molecule has 0 radical (unpaired) electrons. The average Bonchev–Trinajstić information content (AvgIpc) is 3.77. The number of alkyl halides is 3. The molecule has 0 N–H and O–H groups in total. The quantitative estimate of drug-likeness (QED) is 0.143. The van der Waals surface area contributed by atoms with Gasteiger partial charge < -0.3 is 18.6 Å². The number of furan rings is 1. The number of nitrogens with zero attached hydrogens (tertiary/aromatic N) is 1. The standard InChI is InChI=1S/C37H36F3NO4S/c1-3-30-24(2)34(43-22-25-11-6-4-7-12-25)36(44-23-26-13-8-5-9-14-26)35(45-30)27-16-17-29(37(38,39)40)28(19-27)20-33-41-21-32(46-33)31-15-10-18-42-31/h4-19,21,24,30,34-36H,3,20,22-23H2,1-2H3/t24-,30-,34+,35+,36-/m1/s1. The fraction of sp³-hybridized carbons (Fsp3) is 0.324. The second kappa shape index (κ2) is 14.3. The van der Waals surface area contributed by atoms with Crippen molar-refractivity contribution in [3.63, 3.8) is 0 Å². The molecule has 0 amide bonds. The van der Waals surface area contributed by atoms with Crippen molar-refractivity contribution in [3.8, 4) is 10.6 Å². The van der Waals surface area contributed by atoms with Crippen molar-refractivity contribution in [2.75, 3.05) is 0 Å². The summed E-state index contributed by atoms with van der Waals surface area (Å²) in [6.07, 6.45) is -2.38. The van der Waals surface area contributed by atoms with E-state index in [4.69, 9.17) is 18.6 Å². The van der Waals surface area contributed by atoms with Gasteiger partial charge in [-0.15, -0.1) is 11.3 Å². The first-order valence-electron chi connectivity index (χ1n) is 15.4. The van der Waals surface area contributed by atoms with Crippen molar-refractivity contribution in [1.82, 2.24) is 4.98 Å². The van der Waals surface area contributed by atoms with Crippen LogP contribution < -0.4 is 0 Å². The van der Waals surface area contributed by atoms with Gasteiger partial charge in [0.2, 0.25) is 0 Å². The minimum Gasteiger partial charge on any atom is -0.463 e. The Morgan fingerprint density at radius 3 is 2.13 bits per heavy atom. The smallest absolute Gasteiger partial charge is 0.416 e. The third kappa shape index (κ3) is 7.44. The zero-order valence-electron chi connectivity index (χ0n) is 25.7. The highest BCUT2D eigenvalue weighted by Crippen LogP contribution is 2.42. The zero-order chi connectivity index (χ0) is 32.1. The van der Waals surface area contributed by atoms with E-state index in [2.05, 4.69) is 18.8 Å². The Balaban J connectivity index is 1.35. The van der Waals surface area contributed by atoms with Gasteiger partial charge in [0.1, 0.15) is 18.0 Å². The van der Waals surface area contributed by atoms with E-state index >= 15 is 0 Å². The Morgan fingerprint density at radius 2 is 1.52 bits per heavy atom. The second-order valence-corrected chi connectivity index (χ2v) is 12.7. The molecule has 1 fully saturated rings. The molecule has 46 heavy (non-hydrogen) atoms. The Morgan fingerprint density at radius 1 is 0.848 bits per heavy atom. The van der Waals surface area contributed by atoms with E-state index in [1.807, 2.05) is 60.7 Å². The predicted molar refractivity (Wildman–Crippen MR) is 171 cm³/mol. The lowest BCUT2D eigenvalue weighted by molar-refractivity contribution is -0.234. The summed E-state index contributed by atoms with van der Waals surface area (Å²) in [5, 5.41) is 0.555. The summed E-state index contributed by atoms with van der Waals surface area (Å²) < 4.78 is 68.3. The molecule has 1 saturated heterocycles. The van der Waals surface area contributed by atoms with Crippen molar-refractivity contribution in [3.05, 3.63) is 136 Å². The molecular formula is C37H36F3NO4S.